The number of methoxy groups -OCH3 is 1. The minimum Gasteiger partial charge on any atom is -0.454 e. The van der Waals surface area contributed by atoms with Gasteiger partial charge in [0.15, 0.2) is 11.5 Å². The van der Waals surface area contributed by atoms with Crippen LogP contribution >= 0.6 is 11.8 Å². The maximum Gasteiger partial charge on any atom is 0.413 e. The van der Waals surface area contributed by atoms with Crippen LogP contribution in [0.15, 0.2) is 94.7 Å². The van der Waals surface area contributed by atoms with E-state index in [0.717, 1.165) is 58.9 Å². The Balaban J connectivity index is 0.000000168. The number of allylic oxidation sites excluding steroid dienone is 2. The van der Waals surface area contributed by atoms with Gasteiger partial charge in [0, 0.05) is 29.0 Å². The summed E-state index contributed by atoms with van der Waals surface area (Å²) in [5.74, 6) is 2.03. The highest BCUT2D eigenvalue weighted by molar-refractivity contribution is 7.99. The summed E-state index contributed by atoms with van der Waals surface area (Å²) in [4.78, 5) is 34.6. The number of amides is 2. The number of aromatic amines is 1. The Hall–Kier alpha value is -4.70. The van der Waals surface area contributed by atoms with E-state index in [2.05, 4.69) is 32.2 Å². The van der Waals surface area contributed by atoms with Crippen molar-refractivity contribution in [1.82, 2.24) is 14.9 Å². The van der Waals surface area contributed by atoms with E-state index in [-0.39, 0.29) is 12.7 Å². The molecular formula is C32H32N4O5S. The number of likely N-dealkylation sites (tertiary alicyclic amines) is 1. The smallest absolute Gasteiger partial charge is 0.413 e. The molecule has 4 aromatic rings. The third kappa shape index (κ3) is 7.94. The highest BCUT2D eigenvalue weighted by Crippen LogP contribution is 2.33. The fraction of sp³-hybridized carbons (Fsp3) is 0.219. The number of rotatable bonds is 6. The molecule has 0 radical (unpaired) electrons. The number of piperidine rings is 1. The van der Waals surface area contributed by atoms with Crippen molar-refractivity contribution in [3.8, 4) is 11.5 Å². The Kier molecular flexibility index (Phi) is 9.79. The Morgan fingerprint density at radius 3 is 2.57 bits per heavy atom. The number of aromatic nitrogens is 2. The molecule has 3 heterocycles. The molecule has 1 aromatic heterocycles. The summed E-state index contributed by atoms with van der Waals surface area (Å²) in [6.07, 6.45) is 10.2. The molecule has 216 valence electrons. The average Bonchev–Trinajstić information content (AvgIpc) is 3.66. The summed E-state index contributed by atoms with van der Waals surface area (Å²) in [6.45, 7) is 2.05. The average molecular weight is 585 g/mol. The van der Waals surface area contributed by atoms with Crippen LogP contribution in [0, 0.1) is 0 Å². The van der Waals surface area contributed by atoms with E-state index in [1.54, 1.807) is 23.9 Å². The van der Waals surface area contributed by atoms with Gasteiger partial charge in [0.25, 0.3) is 0 Å². The van der Waals surface area contributed by atoms with E-state index >= 15 is 0 Å². The van der Waals surface area contributed by atoms with E-state index in [0.29, 0.717) is 5.95 Å². The Morgan fingerprint density at radius 2 is 1.76 bits per heavy atom. The van der Waals surface area contributed by atoms with Crippen molar-refractivity contribution >= 4 is 46.8 Å². The largest absolute Gasteiger partial charge is 0.454 e. The van der Waals surface area contributed by atoms with Gasteiger partial charge in [-0.25, -0.2) is 9.78 Å². The number of carbonyl (C=O) groups is 2. The third-order valence-electron chi connectivity index (χ3n) is 6.54. The maximum absolute atomic E-state index is 11.9. The van der Waals surface area contributed by atoms with Crippen LogP contribution in [-0.4, -0.2) is 53.9 Å². The van der Waals surface area contributed by atoms with Gasteiger partial charge in [-0.3, -0.25) is 10.1 Å². The lowest BCUT2D eigenvalue weighted by atomic mass is 10.1. The number of hydrogen-bond acceptors (Lipinski definition) is 7. The standard InChI is InChI=1S/C17H19NO3.C15H13N3O2S/c19-17(18-10-4-1-5-11-18)7-3-2-6-14-8-9-15-16(12-14)21-13-20-15;1-20-15(19)18-14-16-12-8-7-11(9-13(12)17-14)21-10-5-3-2-4-6-10/h2-3,6-9,12H,1,4-5,10-11,13H2;2-9H,1H3,(H2,16,17,18,19). The topological polar surface area (TPSA) is 106 Å². The summed E-state index contributed by atoms with van der Waals surface area (Å²) in [5, 5.41) is 2.52. The normalized spacial score (nSPS) is 14.2. The molecule has 0 saturated carbocycles. The van der Waals surface area contributed by atoms with Gasteiger partial charge in [0.2, 0.25) is 18.6 Å². The van der Waals surface area contributed by atoms with Gasteiger partial charge in [0.05, 0.1) is 18.1 Å². The fourth-order valence-electron chi connectivity index (χ4n) is 4.42. The zero-order valence-electron chi connectivity index (χ0n) is 23.2. The molecule has 42 heavy (non-hydrogen) atoms. The van der Waals surface area contributed by atoms with E-state index in [4.69, 9.17) is 9.47 Å². The van der Waals surface area contributed by atoms with Crippen LogP contribution in [-0.2, 0) is 9.53 Å². The van der Waals surface area contributed by atoms with Crippen molar-refractivity contribution in [2.24, 2.45) is 0 Å². The number of carbonyl (C=O) groups excluding carboxylic acids is 2. The second-order valence-electron chi connectivity index (χ2n) is 9.51. The molecule has 0 atom stereocenters. The van der Waals surface area contributed by atoms with Gasteiger partial charge in [0.1, 0.15) is 0 Å². The first-order valence-corrected chi connectivity index (χ1v) is 14.5. The molecule has 3 aromatic carbocycles. The number of imidazole rings is 1. The fourth-order valence-corrected chi connectivity index (χ4v) is 5.30. The quantitative estimate of drug-likeness (QED) is 0.188. The Labute approximate surface area is 248 Å². The summed E-state index contributed by atoms with van der Waals surface area (Å²) in [7, 11) is 1.31. The van der Waals surface area contributed by atoms with Crippen LogP contribution in [0.25, 0.3) is 17.1 Å². The molecule has 1 fully saturated rings. The summed E-state index contributed by atoms with van der Waals surface area (Å²) < 4.78 is 15.1. The molecule has 6 rings (SSSR count). The van der Waals surface area contributed by atoms with Crippen LogP contribution in [0.4, 0.5) is 10.7 Å². The molecule has 0 spiro atoms. The molecule has 1 saturated heterocycles. The summed E-state index contributed by atoms with van der Waals surface area (Å²) in [6, 6.07) is 21.8. The molecular weight excluding hydrogens is 552 g/mol. The number of nitrogens with zero attached hydrogens (tertiary/aromatic N) is 2. The maximum atomic E-state index is 11.9. The van der Waals surface area contributed by atoms with Crippen molar-refractivity contribution in [3.63, 3.8) is 0 Å². The van der Waals surface area contributed by atoms with Crippen LogP contribution in [0.1, 0.15) is 24.8 Å². The Morgan fingerprint density at radius 1 is 0.952 bits per heavy atom. The van der Waals surface area contributed by atoms with Crippen LogP contribution < -0.4 is 14.8 Å². The molecule has 0 unspecified atom stereocenters. The number of nitrogens with one attached hydrogen (secondary N) is 2. The Bertz CT molecular complexity index is 1580. The number of H-pyrrole nitrogens is 1. The minimum atomic E-state index is -0.548. The number of ether oxygens (including phenoxy) is 3. The van der Waals surface area contributed by atoms with E-state index in [1.807, 2.05) is 71.6 Å². The van der Waals surface area contributed by atoms with Gasteiger partial charge < -0.3 is 24.1 Å². The van der Waals surface area contributed by atoms with Gasteiger partial charge >= 0.3 is 6.09 Å². The van der Waals surface area contributed by atoms with Crippen LogP contribution in [0.2, 0.25) is 0 Å². The van der Waals surface area contributed by atoms with E-state index in [9.17, 15) is 9.59 Å². The number of fused-ring (bicyclic) bond motifs is 2. The predicted molar refractivity (Wildman–Crippen MR) is 164 cm³/mol. The van der Waals surface area contributed by atoms with Crippen molar-refractivity contribution in [2.75, 3.05) is 32.3 Å². The van der Waals surface area contributed by atoms with E-state index < -0.39 is 6.09 Å². The molecule has 0 aliphatic carbocycles. The number of benzene rings is 3. The van der Waals surface area contributed by atoms with E-state index in [1.165, 1.54) is 18.4 Å². The second-order valence-corrected chi connectivity index (χ2v) is 10.7. The van der Waals surface area contributed by atoms with Crippen molar-refractivity contribution in [3.05, 3.63) is 90.5 Å². The van der Waals surface area contributed by atoms with Crippen molar-refractivity contribution in [1.29, 1.82) is 0 Å². The molecule has 2 amide bonds. The second kappa shape index (κ2) is 14.3. The lowest BCUT2D eigenvalue weighted by Crippen LogP contribution is -2.34. The first-order valence-electron chi connectivity index (χ1n) is 13.7. The van der Waals surface area contributed by atoms with Gasteiger partial charge in [-0.15, -0.1) is 0 Å². The summed E-state index contributed by atoms with van der Waals surface area (Å²) >= 11 is 1.67. The minimum absolute atomic E-state index is 0.102. The number of hydrogen-bond donors (Lipinski definition) is 2. The number of anilines is 1. The third-order valence-corrected chi connectivity index (χ3v) is 7.54. The first kappa shape index (κ1) is 28.8. The monoisotopic (exact) mass is 584 g/mol. The highest BCUT2D eigenvalue weighted by atomic mass is 32.2. The zero-order valence-corrected chi connectivity index (χ0v) is 24.1. The highest BCUT2D eigenvalue weighted by Gasteiger charge is 2.14. The van der Waals surface area contributed by atoms with Gasteiger partial charge in [-0.1, -0.05) is 54.3 Å². The molecule has 2 aliphatic heterocycles. The first-order chi connectivity index (χ1) is 20.6. The lowest BCUT2D eigenvalue weighted by molar-refractivity contribution is -0.126. The molecule has 10 heteroatoms. The van der Waals surface area contributed by atoms with Crippen molar-refractivity contribution < 1.29 is 23.8 Å². The summed E-state index contributed by atoms with van der Waals surface area (Å²) in [5.41, 5.74) is 2.68. The SMILES string of the molecule is COC(=O)Nc1nc2ccc(Sc3ccccc3)cc2[nH]1.O=C(C=CC=Cc1ccc2c(c1)OCO2)N1CCCCC1. The predicted octanol–water partition coefficient (Wildman–Crippen LogP) is 6.89. The molecule has 2 aliphatic rings. The van der Waals surface area contributed by atoms with Crippen LogP contribution in [0.5, 0.6) is 11.5 Å². The van der Waals surface area contributed by atoms with Gasteiger partial charge in [-0.05, 0) is 67.3 Å². The van der Waals surface area contributed by atoms with Crippen molar-refractivity contribution in [2.45, 2.75) is 29.1 Å². The zero-order chi connectivity index (χ0) is 29.1. The molecule has 2 N–H and O–H groups in total. The lowest BCUT2D eigenvalue weighted by Gasteiger charge is -2.25. The molecule has 0 bridgehead atoms. The molecule has 9 nitrogen and oxygen atoms in total. The van der Waals surface area contributed by atoms with Crippen LogP contribution in [0.3, 0.4) is 0 Å². The van der Waals surface area contributed by atoms with Gasteiger partial charge in [-0.2, -0.15) is 0 Å².